The van der Waals surface area contributed by atoms with Gasteiger partial charge in [0.25, 0.3) is 0 Å². The lowest BCUT2D eigenvalue weighted by atomic mass is 9.64. The molecule has 0 unspecified atom stereocenters. The monoisotopic (exact) mass is 621 g/mol. The minimum absolute atomic E-state index is 0.0216. The first-order chi connectivity index (χ1) is 20.7. The zero-order valence-electron chi connectivity index (χ0n) is 22.7. The molecule has 13 heteroatoms. The van der Waals surface area contributed by atoms with E-state index in [0.717, 1.165) is 0 Å². The second kappa shape index (κ2) is 10.5. The molecule has 2 N–H and O–H groups in total. The summed E-state index contributed by atoms with van der Waals surface area (Å²) in [6, 6.07) is 15.1. The molecule has 0 radical (unpaired) electrons. The molecule has 0 aromatic heterocycles. The van der Waals surface area contributed by atoms with Gasteiger partial charge in [0.2, 0.25) is 11.8 Å². The van der Waals surface area contributed by atoms with Gasteiger partial charge in [0.15, 0.2) is 5.79 Å². The lowest BCUT2D eigenvalue weighted by Crippen LogP contribution is -2.55. The molecule has 3 aliphatic rings. The van der Waals surface area contributed by atoms with Gasteiger partial charge in [0.05, 0.1) is 41.4 Å². The lowest BCUT2D eigenvalue weighted by Gasteiger charge is -2.44. The molecule has 7 nitrogen and oxygen atoms in total. The number of carbonyl (C=O) groups excluding carboxylic acids is 2. The number of anilines is 1. The van der Waals surface area contributed by atoms with Gasteiger partial charge >= 0.3 is 12.4 Å². The van der Waals surface area contributed by atoms with Crippen molar-refractivity contribution in [3.05, 3.63) is 89.5 Å². The van der Waals surface area contributed by atoms with E-state index in [9.17, 15) is 46.1 Å². The van der Waals surface area contributed by atoms with E-state index in [1.54, 1.807) is 42.5 Å². The highest BCUT2D eigenvalue weighted by Gasteiger charge is 2.67. The molecule has 6 atom stereocenters. The topological polar surface area (TPSA) is 96.3 Å². The van der Waals surface area contributed by atoms with Gasteiger partial charge in [-0.15, -0.1) is 0 Å². The van der Waals surface area contributed by atoms with Crippen molar-refractivity contribution in [3.8, 4) is 11.5 Å². The van der Waals surface area contributed by atoms with Crippen LogP contribution in [0.5, 0.6) is 11.5 Å². The van der Waals surface area contributed by atoms with Crippen LogP contribution in [0.2, 0.25) is 0 Å². The van der Waals surface area contributed by atoms with Gasteiger partial charge in [-0.1, -0.05) is 30.3 Å². The van der Waals surface area contributed by atoms with Crippen LogP contribution >= 0.6 is 0 Å². The lowest BCUT2D eigenvalue weighted by molar-refractivity contribution is -0.272. The molecule has 0 spiro atoms. The number of amides is 2. The van der Waals surface area contributed by atoms with E-state index in [0.29, 0.717) is 28.3 Å². The third-order valence-electron chi connectivity index (χ3n) is 8.63. The maximum atomic E-state index is 13.8. The van der Waals surface area contributed by atoms with Crippen LogP contribution in [-0.4, -0.2) is 34.4 Å². The maximum absolute atomic E-state index is 13.8. The molecule has 0 bridgehead atoms. The largest absolute Gasteiger partial charge is 0.508 e. The Morgan fingerprint density at radius 3 is 2.14 bits per heavy atom. The number of carbonyl (C=O) groups is 2. The minimum Gasteiger partial charge on any atom is -0.508 e. The van der Waals surface area contributed by atoms with Gasteiger partial charge in [-0.25, -0.2) is 0 Å². The Kier molecular flexibility index (Phi) is 7.16. The summed E-state index contributed by atoms with van der Waals surface area (Å²) in [6.45, 7) is -0.170. The number of aliphatic hydroxyl groups is 1. The Morgan fingerprint density at radius 1 is 0.864 bits per heavy atom. The van der Waals surface area contributed by atoms with Crippen molar-refractivity contribution in [2.24, 2.45) is 23.7 Å². The number of halogens is 6. The summed E-state index contributed by atoms with van der Waals surface area (Å²) in [7, 11) is 0. The summed E-state index contributed by atoms with van der Waals surface area (Å²) in [6.07, 6.45) is -11.4. The molecular formula is C31H25F6NO6. The van der Waals surface area contributed by atoms with Crippen molar-refractivity contribution < 1.29 is 55.6 Å². The first kappa shape index (κ1) is 29.9. The second-order valence-electron chi connectivity index (χ2n) is 11.3. The molecule has 1 saturated carbocycles. The normalized spacial score (nSPS) is 28.6. The Hall–Kier alpha value is -4.10. The number of aromatic hydroxyl groups is 1. The highest BCUT2D eigenvalue weighted by Crippen LogP contribution is 2.59. The predicted octanol–water partition coefficient (Wildman–Crippen LogP) is 6.10. The van der Waals surface area contributed by atoms with Gasteiger partial charge in [-0.2, -0.15) is 26.3 Å². The maximum Gasteiger partial charge on any atom is 0.416 e. The van der Waals surface area contributed by atoms with Crippen LogP contribution in [0.1, 0.15) is 35.6 Å². The molecule has 6 rings (SSSR count). The number of alkyl halides is 6. The van der Waals surface area contributed by atoms with Crippen molar-refractivity contribution in [2.75, 3.05) is 11.5 Å². The molecule has 3 aromatic carbocycles. The quantitative estimate of drug-likeness (QED) is 0.264. The second-order valence-corrected chi connectivity index (χ2v) is 11.3. The zero-order chi connectivity index (χ0) is 31.6. The van der Waals surface area contributed by atoms with Crippen LogP contribution in [0.3, 0.4) is 0 Å². The van der Waals surface area contributed by atoms with Crippen molar-refractivity contribution >= 4 is 17.5 Å². The van der Waals surface area contributed by atoms with Gasteiger partial charge in [-0.3, -0.25) is 14.5 Å². The number of fused-ring (bicyclic) bond motifs is 3. The molecule has 2 amide bonds. The number of rotatable bonds is 5. The summed E-state index contributed by atoms with van der Waals surface area (Å²) >= 11 is 0. The van der Waals surface area contributed by atoms with E-state index in [4.69, 9.17) is 9.47 Å². The molecule has 3 aromatic rings. The summed E-state index contributed by atoms with van der Waals surface area (Å²) in [5.41, 5.74) is -3.73. The number of imide groups is 1. The number of phenolic OH excluding ortho intramolecular Hbond substituents is 1. The Balaban J connectivity index is 1.40. The van der Waals surface area contributed by atoms with E-state index in [1.165, 1.54) is 12.1 Å². The van der Waals surface area contributed by atoms with Gasteiger partial charge in [0, 0.05) is 11.8 Å². The van der Waals surface area contributed by atoms with E-state index in [1.807, 2.05) is 0 Å². The SMILES string of the molecule is O=C1[C@H]2[C@H](C[C@H](COc3ccccc3)[C@@]3(O)O[C@H](c4cccc(O)c4)C[C@@H]23)C(=O)N1c1cc(C(F)(F)F)cc(C(F)(F)F)c1. The first-order valence-corrected chi connectivity index (χ1v) is 13.7. The van der Waals surface area contributed by atoms with Crippen LogP contribution in [0, 0.1) is 23.7 Å². The molecule has 3 fully saturated rings. The smallest absolute Gasteiger partial charge is 0.416 e. The molecule has 2 aliphatic heterocycles. The van der Waals surface area contributed by atoms with Gasteiger partial charge in [0.1, 0.15) is 11.5 Å². The number of hydrogen-bond acceptors (Lipinski definition) is 6. The molecule has 1 aliphatic carbocycles. The highest BCUT2D eigenvalue weighted by molar-refractivity contribution is 6.22. The number of phenols is 1. The zero-order valence-corrected chi connectivity index (χ0v) is 22.7. The van der Waals surface area contributed by atoms with Crippen LogP contribution in [-0.2, 0) is 26.7 Å². The molecular weight excluding hydrogens is 596 g/mol. The van der Waals surface area contributed by atoms with Crippen molar-refractivity contribution in [2.45, 2.75) is 37.1 Å². The third-order valence-corrected chi connectivity index (χ3v) is 8.63. The first-order valence-electron chi connectivity index (χ1n) is 13.7. The fourth-order valence-electron chi connectivity index (χ4n) is 6.64. The summed E-state index contributed by atoms with van der Waals surface area (Å²) < 4.78 is 93.7. The van der Waals surface area contributed by atoms with Crippen LogP contribution in [0.15, 0.2) is 72.8 Å². The van der Waals surface area contributed by atoms with Crippen molar-refractivity contribution in [3.63, 3.8) is 0 Å². The summed E-state index contributed by atoms with van der Waals surface area (Å²) in [4.78, 5) is 27.9. The molecule has 232 valence electrons. The average Bonchev–Trinajstić information content (AvgIpc) is 3.44. The number of para-hydroxylation sites is 1. The van der Waals surface area contributed by atoms with Crippen molar-refractivity contribution in [1.29, 1.82) is 0 Å². The molecule has 2 heterocycles. The fraction of sp³-hybridized carbons (Fsp3) is 0.355. The number of hydrogen-bond donors (Lipinski definition) is 2. The van der Waals surface area contributed by atoms with E-state index in [-0.39, 0.29) is 31.3 Å². The Labute approximate surface area is 246 Å². The van der Waals surface area contributed by atoms with Gasteiger partial charge in [-0.05, 0) is 60.9 Å². The Morgan fingerprint density at radius 2 is 1.52 bits per heavy atom. The van der Waals surface area contributed by atoms with Crippen LogP contribution < -0.4 is 9.64 Å². The predicted molar refractivity (Wildman–Crippen MR) is 141 cm³/mol. The van der Waals surface area contributed by atoms with E-state index >= 15 is 0 Å². The number of ether oxygens (including phenoxy) is 2. The minimum atomic E-state index is -5.19. The standard InChI is InChI=1S/C31H25F6NO6/c32-30(33,34)17-10-18(31(35,36)37)12-20(11-17)38-27(40)23-13-19(15-43-22-7-2-1-3-8-22)29(42)24(26(23)28(38)41)14-25(44-29)16-5-4-6-21(39)9-16/h1-12,19,23-26,39,42H,13-15H2/t19-,23+,24+,25+,26+,29-/m1/s1. The van der Waals surface area contributed by atoms with Crippen LogP contribution in [0.25, 0.3) is 0 Å². The number of benzene rings is 3. The van der Waals surface area contributed by atoms with Gasteiger partial charge < -0.3 is 19.7 Å². The van der Waals surface area contributed by atoms with Crippen LogP contribution in [0.4, 0.5) is 32.0 Å². The third kappa shape index (κ3) is 5.17. The molecule has 44 heavy (non-hydrogen) atoms. The van der Waals surface area contributed by atoms with E-state index < -0.39 is 76.5 Å². The summed E-state index contributed by atoms with van der Waals surface area (Å²) in [5, 5.41) is 22.0. The van der Waals surface area contributed by atoms with Crippen molar-refractivity contribution in [1.82, 2.24) is 0 Å². The fourth-order valence-corrected chi connectivity index (χ4v) is 6.64. The Bertz CT molecular complexity index is 1560. The van der Waals surface area contributed by atoms with E-state index in [2.05, 4.69) is 0 Å². The highest BCUT2D eigenvalue weighted by atomic mass is 19.4. The summed E-state index contributed by atoms with van der Waals surface area (Å²) in [5.74, 6) is -8.16. The molecule has 2 saturated heterocycles. The number of nitrogens with zero attached hydrogens (tertiary/aromatic N) is 1. The average molecular weight is 622 g/mol.